The Hall–Kier alpha value is -0.360. The van der Waals surface area contributed by atoms with Crippen molar-refractivity contribution in [1.82, 2.24) is 9.88 Å². The molecule has 1 heterocycles. The fourth-order valence-electron chi connectivity index (χ4n) is 1.20. The van der Waals surface area contributed by atoms with E-state index < -0.39 is 0 Å². The molecule has 1 aromatic rings. The second-order valence-electron chi connectivity index (χ2n) is 3.36. The lowest BCUT2D eigenvalue weighted by atomic mass is 10.5. The molecule has 0 spiro atoms. The highest BCUT2D eigenvalue weighted by Crippen LogP contribution is 2.16. The zero-order valence-electron chi connectivity index (χ0n) is 11.0. The smallest absolute Gasteiger partial charge is 0.137 e. The Morgan fingerprint density at radius 1 is 1.33 bits per heavy atom. The molecule has 3 nitrogen and oxygen atoms in total. The SMILES string of the molecule is CCN(CC)CC.NC(=S)Sc1ccc(Cl)cn1. The van der Waals surface area contributed by atoms with Gasteiger partial charge in [0, 0.05) is 6.20 Å². The van der Waals surface area contributed by atoms with Gasteiger partial charge in [-0.25, -0.2) is 4.98 Å². The minimum Gasteiger partial charge on any atom is -0.384 e. The van der Waals surface area contributed by atoms with E-state index in [4.69, 9.17) is 17.3 Å². The van der Waals surface area contributed by atoms with Crippen LogP contribution in [0.5, 0.6) is 0 Å². The molecule has 0 radical (unpaired) electrons. The Morgan fingerprint density at radius 2 is 1.89 bits per heavy atom. The summed E-state index contributed by atoms with van der Waals surface area (Å²) in [6, 6.07) is 3.52. The van der Waals surface area contributed by atoms with Gasteiger partial charge < -0.3 is 10.6 Å². The fraction of sp³-hybridized carbons (Fsp3) is 0.500. The first kappa shape index (κ1) is 17.6. The van der Waals surface area contributed by atoms with Crippen molar-refractivity contribution in [2.75, 3.05) is 19.6 Å². The molecular formula is C12H20ClN3S2. The summed E-state index contributed by atoms with van der Waals surface area (Å²) in [4.78, 5) is 6.36. The van der Waals surface area contributed by atoms with Crippen LogP contribution in [-0.4, -0.2) is 33.8 Å². The van der Waals surface area contributed by atoms with E-state index in [0.717, 1.165) is 5.03 Å². The third-order valence-corrected chi connectivity index (χ3v) is 3.37. The van der Waals surface area contributed by atoms with E-state index in [1.54, 1.807) is 18.3 Å². The van der Waals surface area contributed by atoms with E-state index >= 15 is 0 Å². The molecule has 0 amide bonds. The summed E-state index contributed by atoms with van der Waals surface area (Å²) >= 11 is 11.5. The average molecular weight is 306 g/mol. The molecule has 2 N–H and O–H groups in total. The summed E-state index contributed by atoms with van der Waals surface area (Å²) in [7, 11) is 0. The second-order valence-corrected chi connectivity index (χ2v) is 5.55. The van der Waals surface area contributed by atoms with Crippen LogP contribution >= 0.6 is 35.6 Å². The number of thiocarbonyl (C=S) groups is 1. The summed E-state index contributed by atoms with van der Waals surface area (Å²) in [5.74, 6) is 0. The van der Waals surface area contributed by atoms with E-state index in [9.17, 15) is 0 Å². The van der Waals surface area contributed by atoms with Gasteiger partial charge >= 0.3 is 0 Å². The maximum Gasteiger partial charge on any atom is 0.137 e. The van der Waals surface area contributed by atoms with Crippen LogP contribution in [0, 0.1) is 0 Å². The number of nitrogens with zero attached hydrogens (tertiary/aromatic N) is 2. The van der Waals surface area contributed by atoms with Gasteiger partial charge in [-0.15, -0.1) is 0 Å². The van der Waals surface area contributed by atoms with Crippen molar-refractivity contribution in [2.24, 2.45) is 5.73 Å². The molecule has 0 aliphatic rings. The molecule has 6 heteroatoms. The van der Waals surface area contributed by atoms with Crippen molar-refractivity contribution in [2.45, 2.75) is 25.8 Å². The highest BCUT2D eigenvalue weighted by molar-refractivity contribution is 8.22. The van der Waals surface area contributed by atoms with Crippen LogP contribution in [0.4, 0.5) is 0 Å². The van der Waals surface area contributed by atoms with E-state index in [1.807, 2.05) is 0 Å². The van der Waals surface area contributed by atoms with Gasteiger partial charge in [0.15, 0.2) is 0 Å². The summed E-state index contributed by atoms with van der Waals surface area (Å²) in [5.41, 5.74) is 5.28. The number of hydrogen-bond acceptors (Lipinski definition) is 4. The van der Waals surface area contributed by atoms with Gasteiger partial charge in [0.25, 0.3) is 0 Å². The lowest BCUT2D eigenvalue weighted by Crippen LogP contribution is -2.21. The van der Waals surface area contributed by atoms with Gasteiger partial charge in [0.2, 0.25) is 0 Å². The first-order valence-corrected chi connectivity index (χ1v) is 7.44. The third-order valence-electron chi connectivity index (χ3n) is 2.25. The highest BCUT2D eigenvalue weighted by Gasteiger charge is 1.96. The number of thioether (sulfide) groups is 1. The van der Waals surface area contributed by atoms with Crippen LogP contribution in [0.1, 0.15) is 20.8 Å². The van der Waals surface area contributed by atoms with Gasteiger partial charge in [-0.2, -0.15) is 0 Å². The van der Waals surface area contributed by atoms with Gasteiger partial charge in [-0.1, -0.05) is 44.6 Å². The number of aromatic nitrogens is 1. The van der Waals surface area contributed by atoms with E-state index in [0.29, 0.717) is 9.34 Å². The van der Waals surface area contributed by atoms with E-state index in [-0.39, 0.29) is 0 Å². The standard InChI is InChI=1S/C6H5ClN2S2.C6H15N/c7-4-1-2-5(9-3-4)11-6(8)10;1-4-7(5-2)6-3/h1-3H,(H2,8,10);4-6H2,1-3H3. The fourth-order valence-corrected chi connectivity index (χ4v) is 2.01. The van der Waals surface area contributed by atoms with Crippen molar-refractivity contribution < 1.29 is 0 Å². The average Bonchev–Trinajstić information content (AvgIpc) is 2.35. The lowest BCUT2D eigenvalue weighted by Gasteiger charge is -2.13. The van der Waals surface area contributed by atoms with Crippen LogP contribution in [0.3, 0.4) is 0 Å². The third kappa shape index (κ3) is 8.69. The summed E-state index contributed by atoms with van der Waals surface area (Å²) in [6.07, 6.45) is 1.56. The molecule has 1 rings (SSSR count). The molecule has 1 aromatic heterocycles. The lowest BCUT2D eigenvalue weighted by molar-refractivity contribution is 0.321. The molecule has 0 saturated carbocycles. The molecule has 0 aliphatic heterocycles. The van der Waals surface area contributed by atoms with Gasteiger partial charge in [0.1, 0.15) is 9.35 Å². The Kier molecular flexibility index (Phi) is 10.3. The number of rotatable bonds is 4. The Balaban J connectivity index is 0.000000360. The number of nitrogens with two attached hydrogens (primary N) is 1. The quantitative estimate of drug-likeness (QED) is 0.682. The second kappa shape index (κ2) is 10.6. The number of pyridine rings is 1. The van der Waals surface area contributed by atoms with Crippen molar-refractivity contribution in [3.8, 4) is 0 Å². The molecular weight excluding hydrogens is 286 g/mol. The number of halogens is 1. The van der Waals surface area contributed by atoms with Gasteiger partial charge in [-0.05, 0) is 43.5 Å². The zero-order chi connectivity index (χ0) is 14.0. The maximum absolute atomic E-state index is 5.61. The van der Waals surface area contributed by atoms with E-state index in [2.05, 4.69) is 42.9 Å². The van der Waals surface area contributed by atoms with Crippen molar-refractivity contribution in [3.05, 3.63) is 23.4 Å². The Labute approximate surface area is 124 Å². The molecule has 0 fully saturated rings. The molecule has 0 aromatic carbocycles. The summed E-state index contributed by atoms with van der Waals surface area (Å²) in [5, 5.41) is 1.37. The zero-order valence-corrected chi connectivity index (χ0v) is 13.4. The van der Waals surface area contributed by atoms with Crippen molar-refractivity contribution in [3.63, 3.8) is 0 Å². The molecule has 18 heavy (non-hydrogen) atoms. The first-order valence-electron chi connectivity index (χ1n) is 5.84. The predicted octanol–water partition coefficient (Wildman–Crippen LogP) is 3.42. The van der Waals surface area contributed by atoms with Gasteiger partial charge in [-0.3, -0.25) is 0 Å². The first-order chi connectivity index (χ1) is 8.53. The van der Waals surface area contributed by atoms with Crippen molar-refractivity contribution >= 4 is 39.9 Å². The molecule has 102 valence electrons. The van der Waals surface area contributed by atoms with Crippen molar-refractivity contribution in [1.29, 1.82) is 0 Å². The van der Waals surface area contributed by atoms with Crippen LogP contribution in [-0.2, 0) is 0 Å². The topological polar surface area (TPSA) is 42.1 Å². The highest BCUT2D eigenvalue weighted by atomic mass is 35.5. The van der Waals surface area contributed by atoms with Crippen LogP contribution < -0.4 is 5.73 Å². The Bertz CT molecular complexity index is 334. The molecule has 0 saturated heterocycles. The maximum atomic E-state index is 5.61. The van der Waals surface area contributed by atoms with Gasteiger partial charge in [0.05, 0.1) is 5.02 Å². The number of hydrogen-bond donors (Lipinski definition) is 1. The monoisotopic (exact) mass is 305 g/mol. The minimum absolute atomic E-state index is 0.361. The normalized spacial score (nSPS) is 9.83. The largest absolute Gasteiger partial charge is 0.384 e. The van der Waals surface area contributed by atoms with Crippen LogP contribution in [0.15, 0.2) is 23.4 Å². The van der Waals surface area contributed by atoms with E-state index in [1.165, 1.54) is 31.4 Å². The molecule has 0 bridgehead atoms. The molecule has 0 unspecified atom stereocenters. The van der Waals surface area contributed by atoms with Crippen LogP contribution in [0.25, 0.3) is 0 Å². The minimum atomic E-state index is 0.361. The van der Waals surface area contributed by atoms with Crippen LogP contribution in [0.2, 0.25) is 5.02 Å². The summed E-state index contributed by atoms with van der Waals surface area (Å²) in [6.45, 7) is 10.1. The molecule has 0 aliphatic carbocycles. The molecule has 0 atom stereocenters. The summed E-state index contributed by atoms with van der Waals surface area (Å²) < 4.78 is 0.361. The Morgan fingerprint density at radius 3 is 2.17 bits per heavy atom. The predicted molar refractivity (Wildman–Crippen MR) is 85.4 cm³/mol.